The summed E-state index contributed by atoms with van der Waals surface area (Å²) < 4.78 is 19.0. The molecule has 22 heavy (non-hydrogen) atoms. The lowest BCUT2D eigenvalue weighted by atomic mass is 9.87. The number of methoxy groups -OCH3 is 1. The quantitative estimate of drug-likeness (QED) is 0.913. The van der Waals surface area contributed by atoms with Crippen LogP contribution in [0.1, 0.15) is 36.7 Å². The molecule has 0 bridgehead atoms. The van der Waals surface area contributed by atoms with Crippen LogP contribution in [-0.2, 0) is 5.41 Å². The Morgan fingerprint density at radius 2 is 1.82 bits per heavy atom. The van der Waals surface area contributed by atoms with Gasteiger partial charge in [-0.3, -0.25) is 4.79 Å². The summed E-state index contributed by atoms with van der Waals surface area (Å²) >= 11 is 0. The van der Waals surface area contributed by atoms with E-state index in [1.807, 2.05) is 12.1 Å². The predicted octanol–water partition coefficient (Wildman–Crippen LogP) is 4.38. The van der Waals surface area contributed by atoms with Gasteiger partial charge in [0, 0.05) is 0 Å². The maximum absolute atomic E-state index is 13.7. The Balaban J connectivity index is 2.36. The second-order valence-electron chi connectivity index (χ2n) is 6.10. The summed E-state index contributed by atoms with van der Waals surface area (Å²) in [5, 5.41) is 2.73. The van der Waals surface area contributed by atoms with Crippen LogP contribution in [0.15, 0.2) is 42.5 Å². The van der Waals surface area contributed by atoms with E-state index in [-0.39, 0.29) is 11.0 Å². The van der Waals surface area contributed by atoms with Gasteiger partial charge in [0.1, 0.15) is 11.6 Å². The first-order valence-corrected chi connectivity index (χ1v) is 7.07. The Morgan fingerprint density at radius 1 is 1.14 bits per heavy atom. The molecule has 0 heterocycles. The number of carbonyl (C=O) groups excluding carboxylic acids is 1. The van der Waals surface area contributed by atoms with Crippen molar-refractivity contribution in [3.05, 3.63) is 59.4 Å². The third-order valence-electron chi connectivity index (χ3n) is 3.43. The van der Waals surface area contributed by atoms with Gasteiger partial charge in [-0.2, -0.15) is 0 Å². The van der Waals surface area contributed by atoms with E-state index >= 15 is 0 Å². The Kier molecular flexibility index (Phi) is 4.50. The Labute approximate surface area is 130 Å². The third kappa shape index (κ3) is 3.45. The number of carbonyl (C=O) groups is 1. The first kappa shape index (κ1) is 16.0. The van der Waals surface area contributed by atoms with Gasteiger partial charge in [0.05, 0.1) is 18.4 Å². The fraction of sp³-hybridized carbons (Fsp3) is 0.278. The van der Waals surface area contributed by atoms with Crippen molar-refractivity contribution in [3.63, 3.8) is 0 Å². The summed E-state index contributed by atoms with van der Waals surface area (Å²) in [6.07, 6.45) is 0. The Hall–Kier alpha value is -2.36. The van der Waals surface area contributed by atoms with Crippen LogP contribution in [0.2, 0.25) is 0 Å². The number of hydrogen-bond donors (Lipinski definition) is 1. The number of amides is 1. The minimum Gasteiger partial charge on any atom is -0.495 e. The molecular weight excluding hydrogens is 281 g/mol. The molecule has 1 amide bonds. The SMILES string of the molecule is COc1ccc(C(C)(C)C)cc1NC(=O)c1ccccc1F. The number of hydrogen-bond acceptors (Lipinski definition) is 2. The summed E-state index contributed by atoms with van der Waals surface area (Å²) in [5.41, 5.74) is 1.52. The van der Waals surface area contributed by atoms with Crippen LogP contribution in [0, 0.1) is 5.82 Å². The van der Waals surface area contributed by atoms with E-state index in [2.05, 4.69) is 26.1 Å². The van der Waals surface area contributed by atoms with E-state index in [0.29, 0.717) is 11.4 Å². The van der Waals surface area contributed by atoms with Crippen molar-refractivity contribution in [1.29, 1.82) is 0 Å². The maximum atomic E-state index is 13.7. The van der Waals surface area contributed by atoms with Crippen molar-refractivity contribution in [2.45, 2.75) is 26.2 Å². The van der Waals surface area contributed by atoms with E-state index in [1.54, 1.807) is 18.2 Å². The molecule has 0 radical (unpaired) electrons. The van der Waals surface area contributed by atoms with Crippen LogP contribution in [0.3, 0.4) is 0 Å². The van der Waals surface area contributed by atoms with Crippen molar-refractivity contribution < 1.29 is 13.9 Å². The van der Waals surface area contributed by atoms with E-state index in [4.69, 9.17) is 4.74 Å². The molecule has 0 fully saturated rings. The van der Waals surface area contributed by atoms with Gasteiger partial charge in [0.2, 0.25) is 0 Å². The number of ether oxygens (including phenoxy) is 1. The smallest absolute Gasteiger partial charge is 0.258 e. The van der Waals surface area contributed by atoms with Crippen molar-refractivity contribution >= 4 is 11.6 Å². The van der Waals surface area contributed by atoms with Crippen LogP contribution < -0.4 is 10.1 Å². The van der Waals surface area contributed by atoms with Gasteiger partial charge in [0.25, 0.3) is 5.91 Å². The fourth-order valence-electron chi connectivity index (χ4n) is 2.11. The zero-order valence-corrected chi connectivity index (χ0v) is 13.2. The number of benzene rings is 2. The van der Waals surface area contributed by atoms with Gasteiger partial charge in [0.15, 0.2) is 0 Å². The molecule has 0 spiro atoms. The zero-order valence-electron chi connectivity index (χ0n) is 13.2. The summed E-state index contributed by atoms with van der Waals surface area (Å²) in [6.45, 7) is 6.24. The second-order valence-corrected chi connectivity index (χ2v) is 6.10. The number of rotatable bonds is 3. The standard InChI is InChI=1S/C18H20FNO2/c1-18(2,3)12-9-10-16(22-4)15(11-12)20-17(21)13-7-5-6-8-14(13)19/h5-11H,1-4H3,(H,20,21). The van der Waals surface area contributed by atoms with Crippen molar-refractivity contribution in [1.82, 2.24) is 0 Å². The molecule has 2 aromatic rings. The molecule has 0 unspecified atom stereocenters. The van der Waals surface area contributed by atoms with E-state index in [0.717, 1.165) is 5.56 Å². The number of anilines is 1. The highest BCUT2D eigenvalue weighted by Crippen LogP contribution is 2.31. The van der Waals surface area contributed by atoms with Gasteiger partial charge in [-0.1, -0.05) is 39.0 Å². The Bertz CT molecular complexity index is 690. The molecule has 2 rings (SSSR count). The van der Waals surface area contributed by atoms with E-state index in [9.17, 15) is 9.18 Å². The fourth-order valence-corrected chi connectivity index (χ4v) is 2.11. The first-order valence-electron chi connectivity index (χ1n) is 7.07. The normalized spacial score (nSPS) is 11.1. The summed E-state index contributed by atoms with van der Waals surface area (Å²) in [7, 11) is 1.53. The van der Waals surface area contributed by atoms with Crippen molar-refractivity contribution in [2.24, 2.45) is 0 Å². The average Bonchev–Trinajstić information content (AvgIpc) is 2.46. The van der Waals surface area contributed by atoms with Gasteiger partial charge in [-0.15, -0.1) is 0 Å². The lowest BCUT2D eigenvalue weighted by Gasteiger charge is -2.21. The summed E-state index contributed by atoms with van der Waals surface area (Å²) in [5.74, 6) is -0.508. The largest absolute Gasteiger partial charge is 0.495 e. The molecule has 0 saturated carbocycles. The van der Waals surface area contributed by atoms with Gasteiger partial charge in [-0.25, -0.2) is 4.39 Å². The summed E-state index contributed by atoms with van der Waals surface area (Å²) in [6, 6.07) is 11.5. The second kappa shape index (κ2) is 6.18. The first-order chi connectivity index (χ1) is 10.3. The molecule has 1 N–H and O–H groups in total. The number of halogens is 1. The highest BCUT2D eigenvalue weighted by molar-refractivity contribution is 6.05. The van der Waals surface area contributed by atoms with Crippen LogP contribution >= 0.6 is 0 Å². The zero-order chi connectivity index (χ0) is 16.3. The van der Waals surface area contributed by atoms with Crippen LogP contribution in [0.4, 0.5) is 10.1 Å². The lowest BCUT2D eigenvalue weighted by Crippen LogP contribution is -2.16. The highest BCUT2D eigenvalue weighted by atomic mass is 19.1. The molecule has 0 aromatic heterocycles. The molecule has 0 saturated heterocycles. The predicted molar refractivity (Wildman–Crippen MR) is 86.0 cm³/mol. The van der Waals surface area contributed by atoms with Crippen LogP contribution in [0.5, 0.6) is 5.75 Å². The molecule has 0 aliphatic rings. The lowest BCUT2D eigenvalue weighted by molar-refractivity contribution is 0.102. The minimum absolute atomic E-state index is 0.00529. The highest BCUT2D eigenvalue weighted by Gasteiger charge is 2.18. The topological polar surface area (TPSA) is 38.3 Å². The van der Waals surface area contributed by atoms with Gasteiger partial charge < -0.3 is 10.1 Å². The monoisotopic (exact) mass is 301 g/mol. The van der Waals surface area contributed by atoms with E-state index < -0.39 is 11.7 Å². The van der Waals surface area contributed by atoms with Gasteiger partial charge in [-0.05, 0) is 35.2 Å². The van der Waals surface area contributed by atoms with Crippen molar-refractivity contribution in [2.75, 3.05) is 12.4 Å². The molecule has 0 aliphatic heterocycles. The molecule has 3 nitrogen and oxygen atoms in total. The van der Waals surface area contributed by atoms with E-state index in [1.165, 1.54) is 19.2 Å². The Morgan fingerprint density at radius 3 is 2.41 bits per heavy atom. The molecule has 0 atom stereocenters. The summed E-state index contributed by atoms with van der Waals surface area (Å²) in [4.78, 5) is 12.3. The molecule has 4 heteroatoms. The molecular formula is C18H20FNO2. The van der Waals surface area contributed by atoms with Crippen molar-refractivity contribution in [3.8, 4) is 5.75 Å². The average molecular weight is 301 g/mol. The number of nitrogens with one attached hydrogen (secondary N) is 1. The minimum atomic E-state index is -0.550. The molecule has 0 aliphatic carbocycles. The molecule has 116 valence electrons. The van der Waals surface area contributed by atoms with Crippen LogP contribution in [0.25, 0.3) is 0 Å². The van der Waals surface area contributed by atoms with Crippen LogP contribution in [-0.4, -0.2) is 13.0 Å². The molecule has 2 aromatic carbocycles. The maximum Gasteiger partial charge on any atom is 0.258 e. The van der Waals surface area contributed by atoms with Gasteiger partial charge >= 0.3 is 0 Å². The third-order valence-corrected chi connectivity index (χ3v) is 3.43.